The summed E-state index contributed by atoms with van der Waals surface area (Å²) in [4.78, 5) is 24.3. The molecule has 0 saturated carbocycles. The maximum Gasteiger partial charge on any atom is 0.343 e. The number of para-hydroxylation sites is 1. The van der Waals surface area contributed by atoms with Crippen molar-refractivity contribution in [1.29, 1.82) is 0 Å². The second-order valence-corrected chi connectivity index (χ2v) is 5.56. The van der Waals surface area contributed by atoms with E-state index in [1.54, 1.807) is 43.5 Å². The number of carbonyl (C=O) groups excluding carboxylic acids is 1. The Labute approximate surface area is 139 Å². The van der Waals surface area contributed by atoms with Gasteiger partial charge in [-0.15, -0.1) is 0 Å². The maximum absolute atomic E-state index is 12.3. The van der Waals surface area contributed by atoms with E-state index in [2.05, 4.69) is 0 Å². The fourth-order valence-corrected chi connectivity index (χ4v) is 2.39. The van der Waals surface area contributed by atoms with E-state index in [0.717, 1.165) is 0 Å². The third-order valence-corrected chi connectivity index (χ3v) is 3.89. The number of aromatic nitrogens is 1. The number of phenols is 1. The van der Waals surface area contributed by atoms with E-state index in [-0.39, 0.29) is 17.9 Å². The number of carbonyl (C=O) groups is 1. The molecular weight excluding hydrogens is 310 g/mol. The van der Waals surface area contributed by atoms with Crippen molar-refractivity contribution in [2.75, 3.05) is 6.61 Å². The predicted octanol–water partition coefficient (Wildman–Crippen LogP) is 2.34. The van der Waals surface area contributed by atoms with Crippen LogP contribution in [0.4, 0.5) is 0 Å². The summed E-state index contributed by atoms with van der Waals surface area (Å²) >= 11 is 0. The minimum atomic E-state index is -0.729. The molecule has 0 spiro atoms. The largest absolute Gasteiger partial charge is 0.507 e. The summed E-state index contributed by atoms with van der Waals surface area (Å²) in [5, 5.41) is 20.0. The predicted molar refractivity (Wildman–Crippen MR) is 90.2 cm³/mol. The van der Waals surface area contributed by atoms with E-state index >= 15 is 0 Å². The average molecular weight is 331 g/mol. The number of hydrogen-bond donors (Lipinski definition) is 2. The van der Waals surface area contributed by atoms with Crippen LogP contribution in [-0.4, -0.2) is 33.5 Å². The molecule has 128 valence electrons. The van der Waals surface area contributed by atoms with Crippen molar-refractivity contribution in [3.8, 4) is 17.0 Å². The summed E-state index contributed by atoms with van der Waals surface area (Å²) in [6.07, 6.45) is 0.645. The van der Waals surface area contributed by atoms with Crippen LogP contribution in [-0.2, 0) is 4.74 Å². The lowest BCUT2D eigenvalue weighted by Gasteiger charge is -2.24. The number of aliphatic hydroxyl groups excluding tert-OH is 1. The van der Waals surface area contributed by atoms with Gasteiger partial charge in [-0.2, -0.15) is 0 Å². The number of esters is 1. The Bertz CT molecular complexity index is 794. The van der Waals surface area contributed by atoms with Crippen LogP contribution < -0.4 is 5.43 Å². The number of ether oxygens (including phenoxy) is 1. The molecule has 1 aromatic carbocycles. The monoisotopic (exact) mass is 331 g/mol. The van der Waals surface area contributed by atoms with Gasteiger partial charge in [0, 0.05) is 17.8 Å². The Morgan fingerprint density at radius 2 is 1.96 bits per heavy atom. The van der Waals surface area contributed by atoms with Crippen LogP contribution in [0.15, 0.2) is 41.3 Å². The van der Waals surface area contributed by atoms with Crippen molar-refractivity contribution in [2.45, 2.75) is 32.9 Å². The van der Waals surface area contributed by atoms with E-state index in [4.69, 9.17) is 4.74 Å². The molecule has 6 nitrogen and oxygen atoms in total. The van der Waals surface area contributed by atoms with E-state index < -0.39 is 23.5 Å². The summed E-state index contributed by atoms with van der Waals surface area (Å²) in [5.74, 6) is -0.704. The molecule has 0 aliphatic heterocycles. The molecule has 0 bridgehead atoms. The van der Waals surface area contributed by atoms with Crippen molar-refractivity contribution in [2.24, 2.45) is 0 Å². The molecule has 0 radical (unpaired) electrons. The number of aliphatic hydroxyl groups is 1. The molecule has 0 aliphatic carbocycles. The number of rotatable bonds is 5. The standard InChI is InChI=1S/C18H21NO5/c1-4-24-18(23)14-10-19(11(2)12(3)20)15(9-17(14)22)13-7-5-6-8-16(13)21/h5-12,20-21H,4H2,1-3H3. The molecule has 6 heteroatoms. The van der Waals surface area contributed by atoms with Gasteiger partial charge in [0.05, 0.1) is 24.4 Å². The number of hydrogen-bond acceptors (Lipinski definition) is 5. The molecular formula is C18H21NO5. The SMILES string of the molecule is CCOC(=O)c1cn(C(C)C(C)O)c(-c2ccccc2O)cc1=O. The van der Waals surface area contributed by atoms with Gasteiger partial charge in [0.1, 0.15) is 11.3 Å². The van der Waals surface area contributed by atoms with E-state index in [9.17, 15) is 19.8 Å². The van der Waals surface area contributed by atoms with Gasteiger partial charge in [0.15, 0.2) is 5.43 Å². The molecule has 0 amide bonds. The lowest BCUT2D eigenvalue weighted by atomic mass is 10.1. The van der Waals surface area contributed by atoms with Gasteiger partial charge in [0.2, 0.25) is 0 Å². The van der Waals surface area contributed by atoms with Crippen molar-refractivity contribution in [3.63, 3.8) is 0 Å². The number of nitrogens with zero attached hydrogens (tertiary/aromatic N) is 1. The van der Waals surface area contributed by atoms with E-state index in [1.165, 1.54) is 18.3 Å². The Morgan fingerprint density at radius 1 is 1.29 bits per heavy atom. The van der Waals surface area contributed by atoms with Crippen LogP contribution in [0.1, 0.15) is 37.2 Å². The molecule has 0 aliphatic rings. The molecule has 1 aromatic heterocycles. The number of pyridine rings is 1. The number of benzene rings is 1. The first kappa shape index (κ1) is 17.7. The van der Waals surface area contributed by atoms with Crippen molar-refractivity contribution < 1.29 is 19.7 Å². The van der Waals surface area contributed by atoms with E-state index in [1.807, 2.05) is 0 Å². The number of aromatic hydroxyl groups is 1. The lowest BCUT2D eigenvalue weighted by Crippen LogP contribution is -2.25. The molecule has 2 N–H and O–H groups in total. The van der Waals surface area contributed by atoms with Crippen LogP contribution >= 0.6 is 0 Å². The zero-order valence-electron chi connectivity index (χ0n) is 13.9. The van der Waals surface area contributed by atoms with Crippen LogP contribution in [0.2, 0.25) is 0 Å². The van der Waals surface area contributed by atoms with Gasteiger partial charge in [-0.3, -0.25) is 4.79 Å². The third-order valence-electron chi connectivity index (χ3n) is 3.89. The summed E-state index contributed by atoms with van der Waals surface area (Å²) in [5.41, 5.74) is 0.251. The second-order valence-electron chi connectivity index (χ2n) is 5.56. The van der Waals surface area contributed by atoms with Gasteiger partial charge >= 0.3 is 5.97 Å². The van der Waals surface area contributed by atoms with Gasteiger partial charge in [-0.05, 0) is 32.9 Å². The Kier molecular flexibility index (Phi) is 5.41. The molecule has 0 saturated heterocycles. The second kappa shape index (κ2) is 7.31. The highest BCUT2D eigenvalue weighted by Gasteiger charge is 2.21. The summed E-state index contributed by atoms with van der Waals surface area (Å²) < 4.78 is 6.51. The van der Waals surface area contributed by atoms with Crippen molar-refractivity contribution >= 4 is 5.97 Å². The highest BCUT2D eigenvalue weighted by Crippen LogP contribution is 2.30. The molecule has 1 heterocycles. The van der Waals surface area contributed by atoms with Crippen molar-refractivity contribution in [1.82, 2.24) is 4.57 Å². The molecule has 24 heavy (non-hydrogen) atoms. The van der Waals surface area contributed by atoms with Gasteiger partial charge in [0.25, 0.3) is 0 Å². The minimum absolute atomic E-state index is 0.00678. The van der Waals surface area contributed by atoms with Gasteiger partial charge in [-0.1, -0.05) is 12.1 Å². The Hall–Kier alpha value is -2.60. The van der Waals surface area contributed by atoms with Crippen LogP contribution in [0, 0.1) is 0 Å². The highest BCUT2D eigenvalue weighted by molar-refractivity contribution is 5.89. The zero-order valence-corrected chi connectivity index (χ0v) is 13.9. The van der Waals surface area contributed by atoms with Gasteiger partial charge < -0.3 is 19.5 Å². The molecule has 2 unspecified atom stereocenters. The third kappa shape index (κ3) is 3.49. The lowest BCUT2D eigenvalue weighted by molar-refractivity contribution is 0.0522. The Morgan fingerprint density at radius 3 is 2.54 bits per heavy atom. The summed E-state index contributed by atoms with van der Waals surface area (Å²) in [6, 6.07) is 7.44. The summed E-state index contributed by atoms with van der Waals surface area (Å²) in [6.45, 7) is 5.19. The van der Waals surface area contributed by atoms with Gasteiger partial charge in [-0.25, -0.2) is 4.79 Å². The zero-order chi connectivity index (χ0) is 17.9. The minimum Gasteiger partial charge on any atom is -0.507 e. The van der Waals surface area contributed by atoms with Crippen molar-refractivity contribution in [3.05, 3.63) is 52.3 Å². The molecule has 2 aromatic rings. The topological polar surface area (TPSA) is 88.8 Å². The number of phenolic OH excluding ortho intramolecular Hbond substituents is 1. The fourth-order valence-electron chi connectivity index (χ4n) is 2.39. The van der Waals surface area contributed by atoms with Crippen LogP contribution in [0.3, 0.4) is 0 Å². The molecule has 2 rings (SSSR count). The first-order valence-electron chi connectivity index (χ1n) is 7.76. The van der Waals surface area contributed by atoms with Crippen LogP contribution in [0.5, 0.6) is 5.75 Å². The first-order valence-corrected chi connectivity index (χ1v) is 7.76. The summed E-state index contributed by atoms with van der Waals surface area (Å²) in [7, 11) is 0. The van der Waals surface area contributed by atoms with E-state index in [0.29, 0.717) is 11.3 Å². The quantitative estimate of drug-likeness (QED) is 0.821. The van der Waals surface area contributed by atoms with Crippen LogP contribution in [0.25, 0.3) is 11.3 Å². The normalized spacial score (nSPS) is 13.3. The highest BCUT2D eigenvalue weighted by atomic mass is 16.5. The first-order chi connectivity index (χ1) is 11.4. The maximum atomic E-state index is 12.3. The Balaban J connectivity index is 2.71. The molecule has 2 atom stereocenters. The fraction of sp³-hybridized carbons (Fsp3) is 0.333. The molecule has 0 fully saturated rings. The smallest absolute Gasteiger partial charge is 0.343 e. The average Bonchev–Trinajstić information content (AvgIpc) is 2.54.